The van der Waals surface area contributed by atoms with Crippen molar-refractivity contribution in [1.82, 2.24) is 0 Å². The van der Waals surface area contributed by atoms with E-state index in [0.29, 0.717) is 6.61 Å². The Bertz CT molecular complexity index is 971. The average Bonchev–Trinajstić information content (AvgIpc) is 2.95. The van der Waals surface area contributed by atoms with Gasteiger partial charge in [0.05, 0.1) is 11.2 Å². The van der Waals surface area contributed by atoms with Crippen molar-refractivity contribution in [2.45, 2.75) is 45.5 Å². The minimum atomic E-state index is -0.348. The molecule has 0 saturated carbocycles. The first-order chi connectivity index (χ1) is 14.3. The fourth-order valence-corrected chi connectivity index (χ4v) is 3.27. The van der Waals surface area contributed by atoms with Gasteiger partial charge in [-0.25, -0.2) is 0 Å². The van der Waals surface area contributed by atoms with E-state index in [2.05, 4.69) is 45.1 Å². The van der Waals surface area contributed by atoms with Crippen LogP contribution in [0, 0.1) is 0 Å². The number of nitrogens with one attached hydrogen (secondary N) is 1. The Hall–Kier alpha value is -2.76. The zero-order chi connectivity index (χ0) is 21.2. The van der Waals surface area contributed by atoms with Crippen LogP contribution in [0.2, 0.25) is 0 Å². The fourth-order valence-electron chi connectivity index (χ4n) is 3.27. The summed E-state index contributed by atoms with van der Waals surface area (Å²) >= 11 is 0. The van der Waals surface area contributed by atoms with E-state index in [1.54, 1.807) is 0 Å². The summed E-state index contributed by atoms with van der Waals surface area (Å²) in [6.45, 7) is 8.81. The summed E-state index contributed by atoms with van der Waals surface area (Å²) in [6.07, 6.45) is 0. The normalized spacial score (nSPS) is 17.0. The summed E-state index contributed by atoms with van der Waals surface area (Å²) in [5.41, 5.74) is 3.46. The maximum atomic E-state index is 6.13. The molecule has 0 atom stereocenters. The number of hydrogen-bond donors (Lipinski definition) is 1. The van der Waals surface area contributed by atoms with E-state index in [4.69, 9.17) is 14.0 Å². The predicted octanol–water partition coefficient (Wildman–Crippen LogP) is 5.31. The molecule has 0 spiro atoms. The third-order valence-corrected chi connectivity index (χ3v) is 5.81. The predicted molar refractivity (Wildman–Crippen MR) is 123 cm³/mol. The molecule has 3 aromatic carbocycles. The zero-order valence-corrected chi connectivity index (χ0v) is 18.0. The van der Waals surface area contributed by atoms with Crippen LogP contribution in [0.4, 0.5) is 11.4 Å². The largest absolute Gasteiger partial charge is 0.494 e. The first-order valence-corrected chi connectivity index (χ1v) is 10.3. The first-order valence-electron chi connectivity index (χ1n) is 10.3. The summed E-state index contributed by atoms with van der Waals surface area (Å²) in [5, 5.41) is 3.43. The van der Waals surface area contributed by atoms with Crippen LogP contribution in [-0.2, 0) is 15.9 Å². The molecule has 5 heteroatoms. The zero-order valence-electron chi connectivity index (χ0n) is 18.0. The van der Waals surface area contributed by atoms with Crippen LogP contribution in [0.3, 0.4) is 0 Å². The number of hydrogen-bond acceptors (Lipinski definition) is 4. The van der Waals surface area contributed by atoms with Crippen LogP contribution in [0.15, 0.2) is 78.9 Å². The van der Waals surface area contributed by atoms with Crippen LogP contribution in [0.25, 0.3) is 0 Å². The van der Waals surface area contributed by atoms with E-state index in [1.807, 2.05) is 66.7 Å². The topological polar surface area (TPSA) is 39.7 Å². The Morgan fingerprint density at radius 3 is 2.10 bits per heavy atom. The minimum Gasteiger partial charge on any atom is -0.489 e. The second-order valence-corrected chi connectivity index (χ2v) is 8.64. The van der Waals surface area contributed by atoms with E-state index < -0.39 is 0 Å². The molecule has 0 radical (unpaired) electrons. The van der Waals surface area contributed by atoms with Crippen LogP contribution in [0.5, 0.6) is 5.75 Å². The van der Waals surface area contributed by atoms with Gasteiger partial charge in [-0.05, 0) is 63.0 Å². The maximum Gasteiger partial charge on any atom is 0.494 e. The van der Waals surface area contributed by atoms with Gasteiger partial charge in [0, 0.05) is 17.4 Å². The van der Waals surface area contributed by atoms with E-state index in [-0.39, 0.29) is 18.3 Å². The van der Waals surface area contributed by atoms with Gasteiger partial charge in [-0.3, -0.25) is 0 Å². The highest BCUT2D eigenvalue weighted by Crippen LogP contribution is 2.36. The van der Waals surface area contributed by atoms with Crippen molar-refractivity contribution in [1.29, 1.82) is 0 Å². The Morgan fingerprint density at radius 2 is 1.43 bits per heavy atom. The van der Waals surface area contributed by atoms with Gasteiger partial charge in [0.2, 0.25) is 0 Å². The Kier molecular flexibility index (Phi) is 5.59. The highest BCUT2D eigenvalue weighted by Gasteiger charge is 2.51. The van der Waals surface area contributed by atoms with Crippen molar-refractivity contribution in [3.8, 4) is 5.75 Å². The Balaban J connectivity index is 1.39. The van der Waals surface area contributed by atoms with Crippen molar-refractivity contribution in [3.05, 3.63) is 84.4 Å². The van der Waals surface area contributed by atoms with Gasteiger partial charge < -0.3 is 19.4 Å². The molecule has 1 fully saturated rings. The smallest absolute Gasteiger partial charge is 0.489 e. The third-order valence-electron chi connectivity index (χ3n) is 5.81. The van der Waals surface area contributed by atoms with Crippen molar-refractivity contribution in [2.24, 2.45) is 0 Å². The summed E-state index contributed by atoms with van der Waals surface area (Å²) in [5.74, 6) is 0.831. The Morgan fingerprint density at radius 1 is 0.767 bits per heavy atom. The monoisotopic (exact) mass is 401 g/mol. The lowest BCUT2D eigenvalue weighted by atomic mass is 9.79. The van der Waals surface area contributed by atoms with E-state index in [0.717, 1.165) is 28.2 Å². The average molecular weight is 401 g/mol. The Labute approximate surface area is 179 Å². The number of ether oxygens (including phenoxy) is 1. The van der Waals surface area contributed by atoms with Crippen LogP contribution < -0.4 is 15.5 Å². The van der Waals surface area contributed by atoms with Gasteiger partial charge in [0.1, 0.15) is 12.4 Å². The van der Waals surface area contributed by atoms with Gasteiger partial charge in [-0.2, -0.15) is 0 Å². The molecule has 1 aliphatic rings. The van der Waals surface area contributed by atoms with Crippen molar-refractivity contribution in [3.63, 3.8) is 0 Å². The lowest BCUT2D eigenvalue weighted by Gasteiger charge is -2.32. The first kappa shape index (κ1) is 20.5. The molecule has 154 valence electrons. The third kappa shape index (κ3) is 4.53. The molecule has 1 heterocycles. The molecular formula is C25H28BNO3. The van der Waals surface area contributed by atoms with Gasteiger partial charge >= 0.3 is 7.12 Å². The van der Waals surface area contributed by atoms with Crippen molar-refractivity contribution < 1.29 is 14.0 Å². The van der Waals surface area contributed by atoms with Gasteiger partial charge in [-0.1, -0.05) is 48.5 Å². The molecule has 1 N–H and O–H groups in total. The van der Waals surface area contributed by atoms with Gasteiger partial charge in [0.15, 0.2) is 0 Å². The molecular weight excluding hydrogens is 373 g/mol. The number of anilines is 2. The van der Waals surface area contributed by atoms with Crippen LogP contribution in [0.1, 0.15) is 33.3 Å². The van der Waals surface area contributed by atoms with E-state index in [9.17, 15) is 0 Å². The fraction of sp³-hybridized carbons (Fsp3) is 0.280. The van der Waals surface area contributed by atoms with Crippen LogP contribution >= 0.6 is 0 Å². The van der Waals surface area contributed by atoms with Crippen LogP contribution in [-0.4, -0.2) is 18.3 Å². The molecule has 1 aliphatic heterocycles. The highest BCUT2D eigenvalue weighted by molar-refractivity contribution is 6.62. The summed E-state index contributed by atoms with van der Waals surface area (Å²) in [4.78, 5) is 0. The molecule has 0 bridgehead atoms. The standard InChI is InChI=1S/C25H28BNO3/c1-24(2)25(3,4)30-26(29-24)20-13-15-21(16-14-20)27-22-11-8-12-23(17-22)28-18-19-9-6-5-7-10-19/h5-17,27H,18H2,1-4H3. The molecule has 4 rings (SSSR count). The summed E-state index contributed by atoms with van der Waals surface area (Å²) < 4.78 is 18.2. The van der Waals surface area contributed by atoms with E-state index in [1.165, 1.54) is 0 Å². The quantitative estimate of drug-likeness (QED) is 0.569. The lowest BCUT2D eigenvalue weighted by Crippen LogP contribution is -2.41. The second kappa shape index (κ2) is 8.17. The maximum absolute atomic E-state index is 6.13. The molecule has 30 heavy (non-hydrogen) atoms. The highest BCUT2D eigenvalue weighted by atomic mass is 16.7. The van der Waals surface area contributed by atoms with Gasteiger partial charge in [0.25, 0.3) is 0 Å². The number of rotatable bonds is 6. The number of benzene rings is 3. The molecule has 0 aromatic heterocycles. The summed E-state index contributed by atoms with van der Waals surface area (Å²) in [7, 11) is -0.348. The molecule has 3 aromatic rings. The van der Waals surface area contributed by atoms with Crippen molar-refractivity contribution in [2.75, 3.05) is 5.32 Å². The summed E-state index contributed by atoms with van der Waals surface area (Å²) in [6, 6.07) is 26.3. The van der Waals surface area contributed by atoms with E-state index >= 15 is 0 Å². The molecule has 4 nitrogen and oxygen atoms in total. The molecule has 1 saturated heterocycles. The molecule has 0 aliphatic carbocycles. The van der Waals surface area contributed by atoms with Crippen molar-refractivity contribution >= 4 is 24.0 Å². The molecule has 0 unspecified atom stereocenters. The molecule has 0 amide bonds. The second-order valence-electron chi connectivity index (χ2n) is 8.64. The lowest BCUT2D eigenvalue weighted by molar-refractivity contribution is 0.00578. The van der Waals surface area contributed by atoms with Gasteiger partial charge in [-0.15, -0.1) is 0 Å². The minimum absolute atomic E-state index is 0.339. The SMILES string of the molecule is CC1(C)OB(c2ccc(Nc3cccc(OCc4ccccc4)c3)cc2)OC1(C)C.